The topological polar surface area (TPSA) is 88.8 Å². The lowest BCUT2D eigenvalue weighted by Gasteiger charge is -2.33. The molecule has 0 saturated carbocycles. The Morgan fingerprint density at radius 3 is 2.56 bits per heavy atom. The van der Waals surface area contributed by atoms with Gasteiger partial charge in [-0.3, -0.25) is 4.79 Å². The summed E-state index contributed by atoms with van der Waals surface area (Å²) in [5.74, 6) is -1.63. The van der Waals surface area contributed by atoms with Crippen LogP contribution in [0.15, 0.2) is 16.7 Å². The van der Waals surface area contributed by atoms with Crippen molar-refractivity contribution >= 4 is 23.5 Å². The third kappa shape index (κ3) is 2.34. The molecule has 7 heteroatoms. The van der Waals surface area contributed by atoms with Crippen LogP contribution in [-0.4, -0.2) is 35.7 Å². The second kappa shape index (κ2) is 4.99. The number of carbonyl (C=O) groups excluding carboxylic acids is 1. The summed E-state index contributed by atoms with van der Waals surface area (Å²) in [6.45, 7) is 0.595. The van der Waals surface area contributed by atoms with Gasteiger partial charge < -0.3 is 19.6 Å². The molecule has 1 aliphatic rings. The maximum absolute atomic E-state index is 11.9. The molecule has 0 bridgehead atoms. The third-order valence-electron chi connectivity index (χ3n) is 2.97. The molecule has 0 radical (unpaired) electrons. The first kappa shape index (κ1) is 12.9. The number of halogens is 1. The molecule has 6 nitrogen and oxygen atoms in total. The number of furan rings is 1. The zero-order chi connectivity index (χ0) is 13.2. The smallest absolute Gasteiger partial charge is 0.329 e. The number of carbonyl (C=O) groups is 2. The molecule has 1 fully saturated rings. The minimum atomic E-state index is -1.30. The monoisotopic (exact) mass is 273 g/mol. The van der Waals surface area contributed by atoms with Crippen LogP contribution < -0.4 is 5.32 Å². The van der Waals surface area contributed by atoms with Crippen molar-refractivity contribution in [2.45, 2.75) is 18.4 Å². The summed E-state index contributed by atoms with van der Waals surface area (Å²) in [4.78, 5) is 23.3. The molecule has 0 unspecified atom stereocenters. The van der Waals surface area contributed by atoms with Crippen molar-refractivity contribution in [3.8, 4) is 0 Å². The lowest BCUT2D eigenvalue weighted by Crippen LogP contribution is -2.57. The number of rotatable bonds is 3. The van der Waals surface area contributed by atoms with Crippen molar-refractivity contribution in [1.82, 2.24) is 5.32 Å². The average molecular weight is 274 g/mol. The number of aliphatic carboxylic acids is 1. The van der Waals surface area contributed by atoms with Gasteiger partial charge in [0.05, 0.1) is 11.8 Å². The Kier molecular flexibility index (Phi) is 3.58. The highest BCUT2D eigenvalue weighted by Gasteiger charge is 2.42. The van der Waals surface area contributed by atoms with Gasteiger partial charge in [0, 0.05) is 26.1 Å². The molecule has 2 N–H and O–H groups in total. The lowest BCUT2D eigenvalue weighted by atomic mass is 9.90. The van der Waals surface area contributed by atoms with E-state index in [1.54, 1.807) is 0 Å². The van der Waals surface area contributed by atoms with Gasteiger partial charge in [-0.15, -0.1) is 0 Å². The molecular formula is C11H12ClNO5. The van der Waals surface area contributed by atoms with Crippen LogP contribution >= 0.6 is 11.6 Å². The minimum absolute atomic E-state index is 0.0555. The maximum Gasteiger partial charge on any atom is 0.329 e. The summed E-state index contributed by atoms with van der Waals surface area (Å²) >= 11 is 5.68. The molecule has 1 amide bonds. The molecule has 18 heavy (non-hydrogen) atoms. The molecule has 0 spiro atoms. The van der Waals surface area contributed by atoms with E-state index in [0.717, 1.165) is 0 Å². The fourth-order valence-electron chi connectivity index (χ4n) is 1.85. The van der Waals surface area contributed by atoms with Crippen LogP contribution in [-0.2, 0) is 9.53 Å². The Morgan fingerprint density at radius 2 is 2.06 bits per heavy atom. The molecular weight excluding hydrogens is 262 g/mol. The van der Waals surface area contributed by atoms with Gasteiger partial charge in [-0.05, 0) is 17.7 Å². The highest BCUT2D eigenvalue weighted by atomic mass is 35.5. The van der Waals surface area contributed by atoms with Gasteiger partial charge in [0.15, 0.2) is 0 Å². The summed E-state index contributed by atoms with van der Waals surface area (Å²) < 4.78 is 9.91. The number of amides is 1. The molecule has 0 aliphatic carbocycles. The van der Waals surface area contributed by atoms with E-state index in [-0.39, 0.29) is 23.6 Å². The van der Waals surface area contributed by atoms with Crippen molar-refractivity contribution in [1.29, 1.82) is 0 Å². The highest BCUT2D eigenvalue weighted by Crippen LogP contribution is 2.23. The van der Waals surface area contributed by atoms with E-state index in [9.17, 15) is 14.7 Å². The Hall–Kier alpha value is -1.53. The average Bonchev–Trinajstić information content (AvgIpc) is 2.76. The van der Waals surface area contributed by atoms with Gasteiger partial charge >= 0.3 is 5.97 Å². The first-order chi connectivity index (χ1) is 8.55. The molecule has 2 heterocycles. The summed E-state index contributed by atoms with van der Waals surface area (Å²) in [5.41, 5.74) is -1.17. The molecule has 0 aromatic carbocycles. The SMILES string of the molecule is O=C(NC1(C(=O)O)CCOCC1)c1ccoc1Cl. The normalized spacial score (nSPS) is 18.3. The summed E-state index contributed by atoms with van der Waals surface area (Å²) in [6, 6.07) is 1.40. The van der Waals surface area contributed by atoms with Gasteiger partial charge in [-0.2, -0.15) is 0 Å². The van der Waals surface area contributed by atoms with Gasteiger partial charge in [-0.1, -0.05) is 0 Å². The minimum Gasteiger partial charge on any atom is -0.480 e. The molecule has 1 aliphatic heterocycles. The molecule has 1 saturated heterocycles. The number of hydrogen-bond acceptors (Lipinski definition) is 4. The van der Waals surface area contributed by atoms with Crippen molar-refractivity contribution in [3.05, 3.63) is 23.1 Å². The van der Waals surface area contributed by atoms with Gasteiger partial charge in [0.25, 0.3) is 5.91 Å². The summed E-state index contributed by atoms with van der Waals surface area (Å²) in [6.07, 6.45) is 1.72. The van der Waals surface area contributed by atoms with Crippen LogP contribution in [0.5, 0.6) is 0 Å². The summed E-state index contributed by atoms with van der Waals surface area (Å²) in [7, 11) is 0. The van der Waals surface area contributed by atoms with Gasteiger partial charge in [-0.25, -0.2) is 4.79 Å². The van der Waals surface area contributed by atoms with E-state index in [0.29, 0.717) is 13.2 Å². The molecule has 0 atom stereocenters. The zero-order valence-electron chi connectivity index (χ0n) is 9.44. The van der Waals surface area contributed by atoms with Crippen LogP contribution in [0.25, 0.3) is 0 Å². The quantitative estimate of drug-likeness (QED) is 0.866. The number of nitrogens with one attached hydrogen (secondary N) is 1. The number of ether oxygens (including phenoxy) is 1. The van der Waals surface area contributed by atoms with E-state index in [1.807, 2.05) is 0 Å². The molecule has 1 aromatic heterocycles. The van der Waals surface area contributed by atoms with Crippen molar-refractivity contribution in [2.24, 2.45) is 0 Å². The second-order valence-corrected chi connectivity index (χ2v) is 4.41. The third-order valence-corrected chi connectivity index (χ3v) is 3.26. The Labute approximate surface area is 108 Å². The molecule has 2 rings (SSSR count). The first-order valence-electron chi connectivity index (χ1n) is 5.42. The Balaban J connectivity index is 2.17. The number of carboxylic acid groups (broad SMARTS) is 1. The Morgan fingerprint density at radius 1 is 1.39 bits per heavy atom. The van der Waals surface area contributed by atoms with Crippen LogP contribution in [0, 0.1) is 0 Å². The fraction of sp³-hybridized carbons (Fsp3) is 0.455. The van der Waals surface area contributed by atoms with E-state index in [2.05, 4.69) is 5.32 Å². The van der Waals surface area contributed by atoms with E-state index < -0.39 is 17.4 Å². The van der Waals surface area contributed by atoms with Crippen LogP contribution in [0.3, 0.4) is 0 Å². The standard InChI is InChI=1S/C11H12ClNO5/c12-8-7(1-4-18-8)9(14)13-11(10(15)16)2-5-17-6-3-11/h1,4H,2-3,5-6H2,(H,13,14)(H,15,16). The van der Waals surface area contributed by atoms with E-state index >= 15 is 0 Å². The predicted octanol–water partition coefficient (Wildman–Crippen LogP) is 1.30. The number of hydrogen-bond donors (Lipinski definition) is 2. The fourth-order valence-corrected chi connectivity index (χ4v) is 2.05. The highest BCUT2D eigenvalue weighted by molar-refractivity contribution is 6.32. The van der Waals surface area contributed by atoms with Crippen molar-refractivity contribution < 1.29 is 23.8 Å². The summed E-state index contributed by atoms with van der Waals surface area (Å²) in [5, 5.41) is 11.7. The first-order valence-corrected chi connectivity index (χ1v) is 5.80. The van der Waals surface area contributed by atoms with Gasteiger partial charge in [0.1, 0.15) is 5.54 Å². The second-order valence-electron chi connectivity index (χ2n) is 4.06. The van der Waals surface area contributed by atoms with Gasteiger partial charge in [0.2, 0.25) is 5.22 Å². The predicted molar refractivity (Wildman–Crippen MR) is 61.6 cm³/mol. The van der Waals surface area contributed by atoms with Crippen LogP contribution in [0.4, 0.5) is 0 Å². The maximum atomic E-state index is 11.9. The molecule has 98 valence electrons. The largest absolute Gasteiger partial charge is 0.480 e. The number of carboxylic acids is 1. The van der Waals surface area contributed by atoms with Crippen molar-refractivity contribution in [2.75, 3.05) is 13.2 Å². The van der Waals surface area contributed by atoms with Crippen molar-refractivity contribution in [3.63, 3.8) is 0 Å². The zero-order valence-corrected chi connectivity index (χ0v) is 10.2. The Bertz CT molecular complexity index is 464. The molecule has 1 aromatic rings. The van der Waals surface area contributed by atoms with Crippen LogP contribution in [0.1, 0.15) is 23.2 Å². The lowest BCUT2D eigenvalue weighted by molar-refractivity contribution is -0.148. The van der Waals surface area contributed by atoms with Crippen LogP contribution in [0.2, 0.25) is 5.22 Å². The van der Waals surface area contributed by atoms with E-state index in [4.69, 9.17) is 20.8 Å². The van der Waals surface area contributed by atoms with E-state index in [1.165, 1.54) is 12.3 Å².